The van der Waals surface area contributed by atoms with Gasteiger partial charge in [-0.25, -0.2) is 4.79 Å². The summed E-state index contributed by atoms with van der Waals surface area (Å²) in [6.07, 6.45) is 5.59. The van der Waals surface area contributed by atoms with Crippen LogP contribution in [0.1, 0.15) is 53.6 Å². The highest BCUT2D eigenvalue weighted by atomic mass is 32.2. The van der Waals surface area contributed by atoms with E-state index >= 15 is 0 Å². The number of methoxy groups -OCH3 is 1. The summed E-state index contributed by atoms with van der Waals surface area (Å²) in [7, 11) is 4.25. The summed E-state index contributed by atoms with van der Waals surface area (Å²) in [5.74, 6) is 0.297. The zero-order valence-corrected chi connectivity index (χ0v) is 30.6. The summed E-state index contributed by atoms with van der Waals surface area (Å²) in [4.78, 5) is 13.2. The summed E-state index contributed by atoms with van der Waals surface area (Å²) in [6, 6.07) is 11.9. The molecule has 2 amide bonds. The van der Waals surface area contributed by atoms with Gasteiger partial charge in [0.2, 0.25) is 0 Å². The van der Waals surface area contributed by atoms with Crippen LogP contribution in [0.3, 0.4) is 0 Å². The van der Waals surface area contributed by atoms with Gasteiger partial charge in [0.25, 0.3) is 0 Å². The molecule has 1 aliphatic carbocycles. The summed E-state index contributed by atoms with van der Waals surface area (Å²) in [5.41, 5.74) is 36.2. The fourth-order valence-corrected chi connectivity index (χ4v) is 6.66. The lowest BCUT2D eigenvalue weighted by Gasteiger charge is -2.24. The van der Waals surface area contributed by atoms with Gasteiger partial charge in [-0.1, -0.05) is 85.9 Å². The van der Waals surface area contributed by atoms with E-state index in [4.69, 9.17) is 38.9 Å². The van der Waals surface area contributed by atoms with Crippen LogP contribution in [0.4, 0.5) is 4.79 Å². The van der Waals surface area contributed by atoms with Crippen LogP contribution in [0.15, 0.2) is 70.8 Å². The average molecular weight is 689 g/mol. The smallest absolute Gasteiger partial charge is 0.317 e. The third kappa shape index (κ3) is 15.6. The predicted octanol–water partition coefficient (Wildman–Crippen LogP) is 4.66. The highest BCUT2D eigenvalue weighted by molar-refractivity contribution is 8.12. The number of aryl methyl sites for hydroxylation is 2. The van der Waals surface area contributed by atoms with Crippen LogP contribution in [-0.2, 0) is 17.6 Å². The summed E-state index contributed by atoms with van der Waals surface area (Å²) < 4.78 is 4.25. The number of hydrogen-bond donors (Lipinski definition) is 8. The Morgan fingerprint density at radius 2 is 1.72 bits per heavy atom. The molecule has 2 atom stereocenters. The van der Waals surface area contributed by atoms with E-state index in [0.717, 1.165) is 41.8 Å². The van der Waals surface area contributed by atoms with E-state index in [1.54, 1.807) is 14.2 Å². The third-order valence-corrected chi connectivity index (χ3v) is 8.76. The Balaban J connectivity index is 0.000000795. The van der Waals surface area contributed by atoms with Crippen molar-refractivity contribution in [3.63, 3.8) is 0 Å². The van der Waals surface area contributed by atoms with E-state index in [2.05, 4.69) is 67.7 Å². The maximum absolute atomic E-state index is 11.2. The number of primary amides is 1. The quantitative estimate of drug-likeness (QED) is 0.153. The summed E-state index contributed by atoms with van der Waals surface area (Å²) >= 11 is 2.83. The van der Waals surface area contributed by atoms with Gasteiger partial charge in [-0.3, -0.25) is 0 Å². The second kappa shape index (κ2) is 24.1. The number of fused-ring (bicyclic) bond motifs is 1. The molecule has 262 valence electrons. The van der Waals surface area contributed by atoms with Crippen LogP contribution in [0.25, 0.3) is 9.81 Å². The van der Waals surface area contributed by atoms with E-state index in [9.17, 15) is 4.79 Å². The molecule has 0 fully saturated rings. The molecule has 1 aliphatic rings. The number of nitrogens with two attached hydrogens (primary N) is 5. The monoisotopic (exact) mass is 688 g/mol. The van der Waals surface area contributed by atoms with Gasteiger partial charge in [-0.15, -0.1) is 0 Å². The van der Waals surface area contributed by atoms with Gasteiger partial charge in [0.15, 0.2) is 0 Å². The number of nitrogens with one attached hydrogen (secondary N) is 1. The maximum Gasteiger partial charge on any atom is 0.317 e. The number of aliphatic hydroxyl groups excluding tert-OH is 2. The van der Waals surface area contributed by atoms with Crippen molar-refractivity contribution in [2.45, 2.75) is 53.2 Å². The summed E-state index contributed by atoms with van der Waals surface area (Å²) in [5, 5.41) is 19.9. The van der Waals surface area contributed by atoms with Crippen LogP contribution in [0, 0.1) is 19.8 Å². The number of carbonyl (C=O) groups is 1. The minimum Gasteiger partial charge on any atom is -0.400 e. The Morgan fingerprint density at radius 1 is 1.13 bits per heavy atom. The molecule has 2 unspecified atom stereocenters. The van der Waals surface area contributed by atoms with Crippen LogP contribution in [-0.4, -0.2) is 56.9 Å². The van der Waals surface area contributed by atoms with Gasteiger partial charge in [0, 0.05) is 37.7 Å². The molecule has 13 N–H and O–H groups in total. The molecule has 0 radical (unpaired) electrons. The van der Waals surface area contributed by atoms with Crippen LogP contribution < -0.4 is 34.0 Å². The predicted molar refractivity (Wildman–Crippen MR) is 203 cm³/mol. The van der Waals surface area contributed by atoms with Crippen molar-refractivity contribution in [1.82, 2.24) is 5.32 Å². The molecule has 2 aromatic carbocycles. The molecule has 0 spiro atoms. The lowest BCUT2D eigenvalue weighted by atomic mass is 9.89. The molecule has 3 rings (SSSR count). The Morgan fingerprint density at radius 3 is 2.26 bits per heavy atom. The second-order valence-electron chi connectivity index (χ2n) is 10.6. The maximum atomic E-state index is 11.2. The molecule has 12 heteroatoms. The normalized spacial score (nSPS) is 14.7. The molecule has 2 aromatic rings. The number of amides is 2. The number of urea groups is 1. The van der Waals surface area contributed by atoms with Crippen molar-refractivity contribution in [2.75, 3.05) is 34.4 Å². The van der Waals surface area contributed by atoms with Crippen LogP contribution in [0.5, 0.6) is 0 Å². The number of thioether (sulfide) groups is 2. The zero-order valence-electron chi connectivity index (χ0n) is 28.9. The van der Waals surface area contributed by atoms with E-state index in [-0.39, 0.29) is 0 Å². The van der Waals surface area contributed by atoms with Crippen molar-refractivity contribution in [2.24, 2.45) is 34.6 Å². The molecular weight excluding hydrogens is 633 g/mol. The first-order valence-corrected chi connectivity index (χ1v) is 16.8. The molecule has 10 nitrogen and oxygen atoms in total. The van der Waals surface area contributed by atoms with Gasteiger partial charge in [-0.2, -0.15) is 0 Å². The van der Waals surface area contributed by atoms with E-state index in [0.29, 0.717) is 29.1 Å². The first kappa shape index (κ1) is 43.9. The lowest BCUT2D eigenvalue weighted by molar-refractivity contribution is 0.231. The highest BCUT2D eigenvalue weighted by Gasteiger charge is 2.21. The number of carbonyl (C=O) groups excluding carboxylic acids is 1. The van der Waals surface area contributed by atoms with Gasteiger partial charge in [0.05, 0.1) is 10.1 Å². The highest BCUT2D eigenvalue weighted by Crippen LogP contribution is 2.40. The standard InChI is InChI=1S/C16H22N4OS.C16H24N2OS.C2H6O.CH4O/c1-10(8-17)15(20-16(19)21)22-14-7-11(9-18)6-12-4-2-3-5-13(12)14;1-5-6-13-10(2)7-8-11(3)16(13)12(4)20-15(18)9-14(17)19;1-3-2;1-2/h2-5,7,11H,6,8-9,17-18H2,1H3,(H3,19,20,21);7-9,14,19H,4-6,17-18H2,1-3H3;1-2H3;2H,1H3/b15-10+;15-9+;;. The number of rotatable bonds is 11. The van der Waals surface area contributed by atoms with Crippen LogP contribution in [0.2, 0.25) is 0 Å². The van der Waals surface area contributed by atoms with Crippen molar-refractivity contribution in [3.05, 3.63) is 104 Å². The van der Waals surface area contributed by atoms with Gasteiger partial charge in [-0.05, 0) is 91.1 Å². The molecular formula is C35H56N6O4S2. The van der Waals surface area contributed by atoms with E-state index in [1.165, 1.54) is 63.0 Å². The molecule has 0 aromatic heterocycles. The molecule has 0 heterocycles. The number of aliphatic hydroxyl groups is 2. The van der Waals surface area contributed by atoms with Crippen molar-refractivity contribution < 1.29 is 19.7 Å². The molecule has 0 saturated carbocycles. The Kier molecular flexibility index (Phi) is 22.6. The van der Waals surface area contributed by atoms with Gasteiger partial charge >= 0.3 is 6.03 Å². The average Bonchev–Trinajstić information content (AvgIpc) is 3.03. The SMILES string of the molecule is C/C(CN)=C(/NC(N)=O)SC1=CC(CN)Cc2ccccc21.C=C(S/C(N)=C/C(N)O)c1c(C)ccc(C)c1CCC.CO.COC. The zero-order chi connectivity index (χ0) is 36.1. The minimum atomic E-state index is -1.04. The molecule has 0 saturated heterocycles. The van der Waals surface area contributed by atoms with Gasteiger partial charge < -0.3 is 48.9 Å². The second-order valence-corrected chi connectivity index (χ2v) is 12.8. The van der Waals surface area contributed by atoms with Crippen molar-refractivity contribution in [3.8, 4) is 0 Å². The fraction of sp³-hybridized carbons (Fsp3) is 0.400. The van der Waals surface area contributed by atoms with Crippen molar-refractivity contribution in [1.29, 1.82) is 0 Å². The fourth-order valence-electron chi connectivity index (χ4n) is 4.58. The van der Waals surface area contributed by atoms with E-state index in [1.807, 2.05) is 19.1 Å². The van der Waals surface area contributed by atoms with E-state index < -0.39 is 12.3 Å². The number of hydrogen-bond acceptors (Lipinski definition) is 10. The first-order chi connectivity index (χ1) is 22.3. The largest absolute Gasteiger partial charge is 0.400 e. The number of benzene rings is 2. The third-order valence-electron chi connectivity index (χ3n) is 6.71. The Labute approximate surface area is 289 Å². The topological polar surface area (TPSA) is 209 Å². The lowest BCUT2D eigenvalue weighted by Crippen LogP contribution is -2.29. The Bertz CT molecular complexity index is 1380. The van der Waals surface area contributed by atoms with Crippen molar-refractivity contribution >= 4 is 39.4 Å². The van der Waals surface area contributed by atoms with Gasteiger partial charge in [0.1, 0.15) is 6.23 Å². The van der Waals surface area contributed by atoms with Crippen LogP contribution >= 0.6 is 23.5 Å². The minimum absolute atomic E-state index is 0.297. The first-order valence-electron chi connectivity index (χ1n) is 15.2. The number of ether oxygens (including phenoxy) is 1. The molecule has 0 aliphatic heterocycles. The molecule has 0 bridgehead atoms. The Hall–Kier alpha value is -3.07. The molecule has 47 heavy (non-hydrogen) atoms. The summed E-state index contributed by atoms with van der Waals surface area (Å²) in [6.45, 7) is 13.3.